The zero-order valence-electron chi connectivity index (χ0n) is 10.1. The van der Waals surface area contributed by atoms with Crippen LogP contribution in [-0.2, 0) is 0 Å². The number of hydrogen-bond donors (Lipinski definition) is 1. The summed E-state index contributed by atoms with van der Waals surface area (Å²) in [5, 5.41) is 10.1. The first kappa shape index (κ1) is 12.7. The molecule has 1 aromatic heterocycles. The number of furan rings is 1. The van der Waals surface area contributed by atoms with Crippen molar-refractivity contribution < 1.29 is 18.7 Å². The average Bonchev–Trinajstić information content (AvgIpc) is 2.84. The van der Waals surface area contributed by atoms with Gasteiger partial charge in [0.2, 0.25) is 0 Å². The highest BCUT2D eigenvalue weighted by atomic mass is 35.5. The normalized spacial score (nSPS) is 10.9. The molecule has 0 atom stereocenters. The number of halogens is 2. The summed E-state index contributed by atoms with van der Waals surface area (Å²) in [7, 11) is 0. The highest BCUT2D eigenvalue weighted by Gasteiger charge is 2.18. The van der Waals surface area contributed by atoms with Crippen LogP contribution in [0.15, 0.2) is 46.9 Å². The summed E-state index contributed by atoms with van der Waals surface area (Å²) in [5.74, 6) is -1.90. The lowest BCUT2D eigenvalue weighted by Gasteiger charge is -2.02. The summed E-state index contributed by atoms with van der Waals surface area (Å²) in [5.41, 5.74) is 0.149. The van der Waals surface area contributed by atoms with Crippen LogP contribution < -0.4 is 0 Å². The minimum absolute atomic E-state index is 0.0946. The van der Waals surface area contributed by atoms with Gasteiger partial charge in [-0.1, -0.05) is 29.8 Å². The second-order valence-electron chi connectivity index (χ2n) is 4.24. The molecular formula is C15H8ClFO3. The van der Waals surface area contributed by atoms with Gasteiger partial charge < -0.3 is 9.52 Å². The third-order valence-electron chi connectivity index (χ3n) is 2.99. The van der Waals surface area contributed by atoms with E-state index in [4.69, 9.17) is 21.1 Å². The molecule has 1 heterocycles. The van der Waals surface area contributed by atoms with E-state index < -0.39 is 17.3 Å². The van der Waals surface area contributed by atoms with Crippen LogP contribution in [0.1, 0.15) is 10.4 Å². The lowest BCUT2D eigenvalue weighted by molar-refractivity contribution is 0.0692. The van der Waals surface area contributed by atoms with Crippen LogP contribution in [-0.4, -0.2) is 11.1 Å². The second-order valence-corrected chi connectivity index (χ2v) is 4.65. The fourth-order valence-corrected chi connectivity index (χ4v) is 2.27. The van der Waals surface area contributed by atoms with E-state index in [1.807, 2.05) is 0 Å². The topological polar surface area (TPSA) is 50.4 Å². The third kappa shape index (κ3) is 1.94. The lowest BCUT2D eigenvalue weighted by Crippen LogP contribution is -2.01. The molecule has 20 heavy (non-hydrogen) atoms. The van der Waals surface area contributed by atoms with E-state index in [1.54, 1.807) is 24.3 Å². The number of aromatic carboxylic acids is 1. The Balaban J connectivity index is 2.23. The third-order valence-corrected chi connectivity index (χ3v) is 3.29. The Labute approximate surface area is 118 Å². The molecule has 3 aromatic rings. The number of carboxylic acids is 1. The predicted octanol–water partition coefficient (Wildman–Crippen LogP) is 4.59. The molecule has 3 rings (SSSR count). The Morgan fingerprint density at radius 2 is 1.95 bits per heavy atom. The molecule has 100 valence electrons. The molecule has 5 heteroatoms. The number of hydrogen-bond acceptors (Lipinski definition) is 2. The largest absolute Gasteiger partial charge is 0.478 e. The van der Waals surface area contributed by atoms with E-state index in [0.29, 0.717) is 10.6 Å². The molecule has 0 fully saturated rings. The predicted molar refractivity (Wildman–Crippen MR) is 73.6 cm³/mol. The van der Waals surface area contributed by atoms with Crippen molar-refractivity contribution >= 4 is 28.5 Å². The Hall–Kier alpha value is -2.33. The first-order valence-electron chi connectivity index (χ1n) is 5.78. The minimum Gasteiger partial charge on any atom is -0.478 e. The van der Waals surface area contributed by atoms with Crippen LogP contribution in [0.4, 0.5) is 4.39 Å². The van der Waals surface area contributed by atoms with E-state index in [1.165, 1.54) is 18.2 Å². The number of carboxylic acid groups (broad SMARTS) is 1. The van der Waals surface area contributed by atoms with Crippen molar-refractivity contribution in [1.82, 2.24) is 0 Å². The van der Waals surface area contributed by atoms with Crippen molar-refractivity contribution in [2.75, 3.05) is 0 Å². The maximum Gasteiger partial charge on any atom is 0.338 e. The van der Waals surface area contributed by atoms with Crippen molar-refractivity contribution in [1.29, 1.82) is 0 Å². The van der Waals surface area contributed by atoms with Crippen LogP contribution in [0.5, 0.6) is 0 Å². The molecule has 0 spiro atoms. The average molecular weight is 291 g/mol. The van der Waals surface area contributed by atoms with Crippen LogP contribution in [0.25, 0.3) is 22.3 Å². The van der Waals surface area contributed by atoms with Crippen LogP contribution in [0.3, 0.4) is 0 Å². The fourth-order valence-electron chi connectivity index (χ4n) is 2.05. The molecule has 0 aliphatic heterocycles. The van der Waals surface area contributed by atoms with Gasteiger partial charge in [-0.3, -0.25) is 0 Å². The van der Waals surface area contributed by atoms with Gasteiger partial charge in [-0.15, -0.1) is 0 Å². The zero-order chi connectivity index (χ0) is 14.3. The molecule has 3 nitrogen and oxygen atoms in total. The Bertz CT molecular complexity index is 823. The summed E-state index contributed by atoms with van der Waals surface area (Å²) in [4.78, 5) is 10.9. The summed E-state index contributed by atoms with van der Waals surface area (Å²) in [6.07, 6.45) is 0. The Morgan fingerprint density at radius 1 is 1.20 bits per heavy atom. The lowest BCUT2D eigenvalue weighted by atomic mass is 10.1. The highest BCUT2D eigenvalue weighted by molar-refractivity contribution is 6.34. The Kier molecular flexibility index (Phi) is 2.95. The van der Waals surface area contributed by atoms with Crippen molar-refractivity contribution in [2.24, 2.45) is 0 Å². The molecule has 2 aromatic carbocycles. The standard InChI is InChI=1S/C15H8ClFO3/c16-11-6-1-3-8-7-12(20-14(8)11)9-4-2-5-10(13(9)17)15(18)19/h1-7H,(H,18,19). The number of benzene rings is 2. The van der Waals surface area contributed by atoms with Crippen molar-refractivity contribution in [3.63, 3.8) is 0 Å². The van der Waals surface area contributed by atoms with E-state index in [0.717, 1.165) is 5.39 Å². The summed E-state index contributed by atoms with van der Waals surface area (Å²) >= 11 is 6.00. The van der Waals surface area contributed by atoms with Crippen molar-refractivity contribution in [3.8, 4) is 11.3 Å². The molecule has 0 saturated carbocycles. The molecule has 0 amide bonds. The van der Waals surface area contributed by atoms with E-state index in [2.05, 4.69) is 0 Å². The SMILES string of the molecule is O=C(O)c1cccc(-c2cc3cccc(Cl)c3o2)c1F. The zero-order valence-corrected chi connectivity index (χ0v) is 10.8. The van der Waals surface area contributed by atoms with Crippen molar-refractivity contribution in [2.45, 2.75) is 0 Å². The van der Waals surface area contributed by atoms with Gasteiger partial charge in [0.15, 0.2) is 5.58 Å². The summed E-state index contributed by atoms with van der Waals surface area (Å²) in [6.45, 7) is 0. The van der Waals surface area contributed by atoms with E-state index in [9.17, 15) is 9.18 Å². The number of fused-ring (bicyclic) bond motifs is 1. The second kappa shape index (κ2) is 4.65. The quantitative estimate of drug-likeness (QED) is 0.751. The molecule has 0 unspecified atom stereocenters. The maximum absolute atomic E-state index is 14.2. The fraction of sp³-hybridized carbons (Fsp3) is 0. The first-order chi connectivity index (χ1) is 9.58. The van der Waals surface area contributed by atoms with Gasteiger partial charge >= 0.3 is 5.97 Å². The van der Waals surface area contributed by atoms with Gasteiger partial charge in [0.25, 0.3) is 0 Å². The van der Waals surface area contributed by atoms with Crippen molar-refractivity contribution in [3.05, 3.63) is 58.9 Å². The van der Waals surface area contributed by atoms with E-state index >= 15 is 0 Å². The van der Waals surface area contributed by atoms with Crippen LogP contribution in [0, 0.1) is 5.82 Å². The number of carbonyl (C=O) groups is 1. The van der Waals surface area contributed by atoms with Crippen LogP contribution in [0.2, 0.25) is 5.02 Å². The first-order valence-corrected chi connectivity index (χ1v) is 6.16. The van der Waals surface area contributed by atoms with Gasteiger partial charge in [0.05, 0.1) is 16.1 Å². The molecule has 0 saturated heterocycles. The molecule has 0 radical (unpaired) electrons. The molecule has 1 N–H and O–H groups in total. The monoisotopic (exact) mass is 290 g/mol. The highest BCUT2D eigenvalue weighted by Crippen LogP contribution is 2.33. The van der Waals surface area contributed by atoms with E-state index in [-0.39, 0.29) is 11.3 Å². The maximum atomic E-state index is 14.2. The van der Waals surface area contributed by atoms with Gasteiger partial charge in [-0.05, 0) is 24.3 Å². The molecule has 0 aliphatic carbocycles. The summed E-state index contributed by atoms with van der Waals surface area (Å²) < 4.78 is 19.7. The number of rotatable bonds is 2. The van der Waals surface area contributed by atoms with Gasteiger partial charge in [0.1, 0.15) is 11.6 Å². The summed E-state index contributed by atoms with van der Waals surface area (Å²) in [6, 6.07) is 11.0. The van der Waals surface area contributed by atoms with Crippen LogP contribution >= 0.6 is 11.6 Å². The molecule has 0 bridgehead atoms. The molecular weight excluding hydrogens is 283 g/mol. The smallest absolute Gasteiger partial charge is 0.338 e. The Morgan fingerprint density at radius 3 is 2.65 bits per heavy atom. The molecule has 0 aliphatic rings. The minimum atomic E-state index is -1.32. The number of para-hydroxylation sites is 1. The van der Waals surface area contributed by atoms with Gasteiger partial charge in [0, 0.05) is 5.39 Å². The van der Waals surface area contributed by atoms with Gasteiger partial charge in [-0.2, -0.15) is 0 Å². The van der Waals surface area contributed by atoms with Gasteiger partial charge in [-0.25, -0.2) is 9.18 Å².